The highest BCUT2D eigenvalue weighted by Crippen LogP contribution is 2.28. The van der Waals surface area contributed by atoms with E-state index >= 15 is 0 Å². The molecule has 6 nitrogen and oxygen atoms in total. The van der Waals surface area contributed by atoms with E-state index in [1.807, 2.05) is 31.2 Å². The normalized spacial score (nSPS) is 10.7. The van der Waals surface area contributed by atoms with Crippen molar-refractivity contribution in [3.05, 3.63) is 41.9 Å². The highest BCUT2D eigenvalue weighted by atomic mass is 16.5. The molecule has 0 aliphatic rings. The van der Waals surface area contributed by atoms with E-state index in [0.717, 1.165) is 33.9 Å². The van der Waals surface area contributed by atoms with Crippen molar-refractivity contribution in [3.63, 3.8) is 0 Å². The van der Waals surface area contributed by atoms with Crippen LogP contribution in [0, 0.1) is 6.92 Å². The zero-order valence-electron chi connectivity index (χ0n) is 12.8. The van der Waals surface area contributed by atoms with Crippen LogP contribution in [0.3, 0.4) is 0 Å². The second-order valence-corrected chi connectivity index (χ2v) is 4.98. The summed E-state index contributed by atoms with van der Waals surface area (Å²) >= 11 is 0. The molecule has 0 radical (unpaired) electrons. The lowest BCUT2D eigenvalue weighted by Gasteiger charge is -2.11. The molecule has 3 aromatic rings. The Hall–Kier alpha value is -2.76. The van der Waals surface area contributed by atoms with Crippen molar-refractivity contribution in [2.24, 2.45) is 0 Å². The topological polar surface area (TPSA) is 72.1 Å². The molecular weight excluding hydrogens is 280 g/mol. The van der Waals surface area contributed by atoms with Gasteiger partial charge in [0.15, 0.2) is 11.5 Å². The number of rotatable bonds is 5. The van der Waals surface area contributed by atoms with E-state index in [9.17, 15) is 0 Å². The predicted octanol–water partition coefficient (Wildman–Crippen LogP) is 2.90. The number of benzene rings is 1. The van der Waals surface area contributed by atoms with Crippen molar-refractivity contribution < 1.29 is 9.47 Å². The minimum atomic E-state index is 0.636. The number of aromatic amines is 1. The van der Waals surface area contributed by atoms with Gasteiger partial charge in [0.2, 0.25) is 0 Å². The van der Waals surface area contributed by atoms with Crippen molar-refractivity contribution in [1.82, 2.24) is 15.0 Å². The Labute approximate surface area is 128 Å². The maximum Gasteiger partial charge on any atom is 0.161 e. The summed E-state index contributed by atoms with van der Waals surface area (Å²) in [5, 5.41) is 4.33. The van der Waals surface area contributed by atoms with Gasteiger partial charge in [-0.1, -0.05) is 6.07 Å². The third-order valence-corrected chi connectivity index (χ3v) is 3.47. The SMILES string of the molecule is COc1ccc(CNc2ncnc3[nH]c(C)cc23)cc1OC. The van der Waals surface area contributed by atoms with Crippen molar-refractivity contribution in [3.8, 4) is 11.5 Å². The highest BCUT2D eigenvalue weighted by Gasteiger charge is 2.08. The molecule has 0 saturated carbocycles. The summed E-state index contributed by atoms with van der Waals surface area (Å²) in [7, 11) is 3.26. The summed E-state index contributed by atoms with van der Waals surface area (Å²) in [4.78, 5) is 11.7. The number of nitrogens with one attached hydrogen (secondary N) is 2. The van der Waals surface area contributed by atoms with Gasteiger partial charge in [-0.3, -0.25) is 0 Å². The summed E-state index contributed by atoms with van der Waals surface area (Å²) < 4.78 is 10.6. The molecule has 6 heteroatoms. The van der Waals surface area contributed by atoms with Gasteiger partial charge in [0.05, 0.1) is 19.6 Å². The van der Waals surface area contributed by atoms with Gasteiger partial charge in [-0.05, 0) is 30.7 Å². The predicted molar refractivity (Wildman–Crippen MR) is 85.5 cm³/mol. The number of fused-ring (bicyclic) bond motifs is 1. The zero-order valence-corrected chi connectivity index (χ0v) is 12.8. The lowest BCUT2D eigenvalue weighted by atomic mass is 10.2. The molecular formula is C16H18N4O2. The Morgan fingerprint density at radius 3 is 2.68 bits per heavy atom. The van der Waals surface area contributed by atoms with Crippen LogP contribution in [0.15, 0.2) is 30.6 Å². The van der Waals surface area contributed by atoms with Crippen molar-refractivity contribution >= 4 is 16.9 Å². The molecule has 2 aromatic heterocycles. The Balaban J connectivity index is 1.82. The summed E-state index contributed by atoms with van der Waals surface area (Å²) in [6.45, 7) is 2.64. The first-order valence-corrected chi connectivity index (χ1v) is 6.96. The number of hydrogen-bond acceptors (Lipinski definition) is 5. The fourth-order valence-electron chi connectivity index (χ4n) is 2.39. The maximum absolute atomic E-state index is 5.32. The molecule has 114 valence electrons. The van der Waals surface area contributed by atoms with Gasteiger partial charge in [-0.2, -0.15) is 0 Å². The molecule has 0 aliphatic carbocycles. The second kappa shape index (κ2) is 5.93. The van der Waals surface area contributed by atoms with Crippen LogP contribution in [-0.2, 0) is 6.54 Å². The molecule has 0 atom stereocenters. The first kappa shape index (κ1) is 14.2. The molecule has 0 saturated heterocycles. The smallest absolute Gasteiger partial charge is 0.161 e. The largest absolute Gasteiger partial charge is 0.493 e. The first-order chi connectivity index (χ1) is 10.7. The molecule has 22 heavy (non-hydrogen) atoms. The van der Waals surface area contributed by atoms with E-state index in [-0.39, 0.29) is 0 Å². The molecule has 2 N–H and O–H groups in total. The van der Waals surface area contributed by atoms with Gasteiger partial charge in [-0.25, -0.2) is 9.97 Å². The van der Waals surface area contributed by atoms with Crippen LogP contribution in [0.2, 0.25) is 0 Å². The third kappa shape index (κ3) is 2.67. The van der Waals surface area contributed by atoms with Crippen molar-refractivity contribution in [2.45, 2.75) is 13.5 Å². The summed E-state index contributed by atoms with van der Waals surface area (Å²) in [5.41, 5.74) is 2.98. The molecule has 0 unspecified atom stereocenters. The second-order valence-electron chi connectivity index (χ2n) is 4.98. The van der Waals surface area contributed by atoms with E-state index in [1.54, 1.807) is 20.5 Å². The van der Waals surface area contributed by atoms with Crippen LogP contribution < -0.4 is 14.8 Å². The van der Waals surface area contributed by atoms with Crippen molar-refractivity contribution in [1.29, 1.82) is 0 Å². The van der Waals surface area contributed by atoms with Crippen LogP contribution in [0.1, 0.15) is 11.3 Å². The number of aromatic nitrogens is 3. The summed E-state index contributed by atoms with van der Waals surface area (Å²) in [6, 6.07) is 7.87. The average Bonchev–Trinajstić information content (AvgIpc) is 2.93. The Bertz CT molecular complexity index is 798. The number of ether oxygens (including phenoxy) is 2. The zero-order chi connectivity index (χ0) is 15.5. The van der Waals surface area contributed by atoms with E-state index in [0.29, 0.717) is 12.3 Å². The van der Waals surface area contributed by atoms with Crippen LogP contribution in [0.4, 0.5) is 5.82 Å². The van der Waals surface area contributed by atoms with Crippen LogP contribution in [0.5, 0.6) is 11.5 Å². The number of hydrogen-bond donors (Lipinski definition) is 2. The van der Waals surface area contributed by atoms with Gasteiger partial charge >= 0.3 is 0 Å². The van der Waals surface area contributed by atoms with Gasteiger partial charge in [0.1, 0.15) is 17.8 Å². The molecule has 0 bridgehead atoms. The minimum Gasteiger partial charge on any atom is -0.493 e. The molecule has 0 amide bonds. The van der Waals surface area contributed by atoms with Gasteiger partial charge in [0, 0.05) is 12.2 Å². The van der Waals surface area contributed by atoms with Gasteiger partial charge in [-0.15, -0.1) is 0 Å². The third-order valence-electron chi connectivity index (χ3n) is 3.47. The van der Waals surface area contributed by atoms with E-state index < -0.39 is 0 Å². The number of nitrogens with zero attached hydrogens (tertiary/aromatic N) is 2. The molecule has 1 aromatic carbocycles. The molecule has 0 fully saturated rings. The summed E-state index contributed by atoms with van der Waals surface area (Å²) in [5.74, 6) is 2.24. The van der Waals surface area contributed by atoms with Crippen LogP contribution >= 0.6 is 0 Å². The quantitative estimate of drug-likeness (QED) is 0.758. The molecule has 2 heterocycles. The number of H-pyrrole nitrogens is 1. The fourth-order valence-corrected chi connectivity index (χ4v) is 2.39. The standard InChI is InChI=1S/C16H18N4O2/c1-10-6-12-15(18-9-19-16(12)20-10)17-8-11-4-5-13(21-2)14(7-11)22-3/h4-7,9H,8H2,1-3H3,(H2,17,18,19,20). The Morgan fingerprint density at radius 2 is 1.91 bits per heavy atom. The number of anilines is 1. The average molecular weight is 298 g/mol. The Kier molecular flexibility index (Phi) is 3.82. The van der Waals surface area contributed by atoms with Crippen LogP contribution in [0.25, 0.3) is 11.0 Å². The van der Waals surface area contributed by atoms with Crippen molar-refractivity contribution in [2.75, 3.05) is 19.5 Å². The molecule has 0 aliphatic heterocycles. The highest BCUT2D eigenvalue weighted by molar-refractivity contribution is 5.87. The van der Waals surface area contributed by atoms with Crippen LogP contribution in [-0.4, -0.2) is 29.2 Å². The lowest BCUT2D eigenvalue weighted by molar-refractivity contribution is 0.354. The van der Waals surface area contributed by atoms with E-state index in [4.69, 9.17) is 9.47 Å². The van der Waals surface area contributed by atoms with Gasteiger partial charge < -0.3 is 19.8 Å². The monoisotopic (exact) mass is 298 g/mol. The van der Waals surface area contributed by atoms with E-state index in [2.05, 4.69) is 20.3 Å². The maximum atomic E-state index is 5.32. The lowest BCUT2D eigenvalue weighted by Crippen LogP contribution is -2.02. The number of methoxy groups -OCH3 is 2. The summed E-state index contributed by atoms with van der Waals surface area (Å²) in [6.07, 6.45) is 1.55. The first-order valence-electron chi connectivity index (χ1n) is 6.96. The number of aryl methyl sites for hydroxylation is 1. The van der Waals surface area contributed by atoms with E-state index in [1.165, 1.54) is 0 Å². The molecule has 0 spiro atoms. The Morgan fingerprint density at radius 1 is 1.09 bits per heavy atom. The molecule has 3 rings (SSSR count). The fraction of sp³-hybridized carbons (Fsp3) is 0.250. The van der Waals surface area contributed by atoms with Gasteiger partial charge in [0.25, 0.3) is 0 Å². The minimum absolute atomic E-state index is 0.636.